The Morgan fingerprint density at radius 3 is 2.32 bits per heavy atom. The van der Waals surface area contributed by atoms with E-state index in [4.69, 9.17) is 10.00 Å². The lowest BCUT2D eigenvalue weighted by molar-refractivity contribution is -0.378. The number of nitriles is 1. The number of hydrogen-bond acceptors (Lipinski definition) is 4. The van der Waals surface area contributed by atoms with Crippen LogP contribution in [0.25, 0.3) is 0 Å². The van der Waals surface area contributed by atoms with Crippen LogP contribution in [0.5, 0.6) is 5.75 Å². The molecule has 0 aliphatic heterocycles. The topological polar surface area (TPSA) is 62.5 Å². The van der Waals surface area contributed by atoms with E-state index in [1.165, 1.54) is 0 Å². The number of halogens is 5. The molecule has 2 rings (SSSR count). The molecule has 1 aromatic carbocycles. The van der Waals surface area contributed by atoms with Gasteiger partial charge in [-0.15, -0.1) is 0 Å². The van der Waals surface area contributed by atoms with Crippen molar-refractivity contribution in [3.8, 4) is 11.8 Å². The molecule has 28 heavy (non-hydrogen) atoms. The number of nitrogens with zero attached hydrogens (tertiary/aromatic N) is 1. The van der Waals surface area contributed by atoms with Crippen molar-refractivity contribution < 1.29 is 36.5 Å². The summed E-state index contributed by atoms with van der Waals surface area (Å²) in [5.74, 6) is -1.31. The number of aliphatic hydroxyl groups is 1. The summed E-state index contributed by atoms with van der Waals surface area (Å²) < 4.78 is 72.9. The van der Waals surface area contributed by atoms with E-state index >= 15 is 0 Å². The predicted molar refractivity (Wildman–Crippen MR) is 89.4 cm³/mol. The van der Waals surface area contributed by atoms with Crippen LogP contribution >= 0.6 is 0 Å². The van der Waals surface area contributed by atoms with E-state index in [9.17, 15) is 27.1 Å². The summed E-state index contributed by atoms with van der Waals surface area (Å²) >= 11 is 0. The lowest BCUT2D eigenvalue weighted by atomic mass is 9.82. The van der Waals surface area contributed by atoms with Crippen LogP contribution in [0, 0.1) is 31.1 Å². The SMILES string of the molecule is Cc1cccc(C)c1OCC1(O)C=C(OC(F)(F)C(F)(F)F)C=CC1CC#N. The van der Waals surface area contributed by atoms with Gasteiger partial charge in [-0.25, -0.2) is 0 Å². The molecule has 1 aromatic rings. The highest BCUT2D eigenvalue weighted by Crippen LogP contribution is 2.40. The van der Waals surface area contributed by atoms with E-state index in [0.29, 0.717) is 5.75 Å². The first kappa shape index (κ1) is 21.7. The van der Waals surface area contributed by atoms with Gasteiger partial charge in [0.25, 0.3) is 0 Å². The Balaban J connectivity index is 2.29. The van der Waals surface area contributed by atoms with Crippen LogP contribution in [-0.2, 0) is 4.74 Å². The summed E-state index contributed by atoms with van der Waals surface area (Å²) in [5.41, 5.74) is -0.525. The molecule has 4 nitrogen and oxygen atoms in total. The molecule has 1 aliphatic rings. The highest BCUT2D eigenvalue weighted by molar-refractivity contribution is 5.40. The van der Waals surface area contributed by atoms with Crippen LogP contribution < -0.4 is 4.74 Å². The Kier molecular flexibility index (Phi) is 6.04. The highest BCUT2D eigenvalue weighted by Gasteiger charge is 2.61. The van der Waals surface area contributed by atoms with Crippen molar-refractivity contribution in [3.05, 3.63) is 53.3 Å². The number of alkyl halides is 5. The summed E-state index contributed by atoms with van der Waals surface area (Å²) in [6, 6.07) is 7.14. The van der Waals surface area contributed by atoms with Crippen molar-refractivity contribution in [2.75, 3.05) is 6.61 Å². The molecule has 1 aliphatic carbocycles. The molecule has 0 saturated carbocycles. The fourth-order valence-corrected chi connectivity index (χ4v) is 2.75. The maximum absolute atomic E-state index is 13.2. The first-order valence-corrected chi connectivity index (χ1v) is 8.22. The van der Waals surface area contributed by atoms with Gasteiger partial charge in [-0.3, -0.25) is 0 Å². The van der Waals surface area contributed by atoms with E-state index in [-0.39, 0.29) is 6.42 Å². The second kappa shape index (κ2) is 7.80. The standard InChI is InChI=1S/C19H18F5NO3/c1-12-4-3-5-13(2)16(12)27-11-17(26)10-15(7-6-14(17)8-9-25)28-19(23,24)18(20,21)22/h3-7,10,14,26H,8,11H2,1-2H3. The molecule has 2 atom stereocenters. The lowest BCUT2D eigenvalue weighted by Crippen LogP contribution is -2.44. The maximum Gasteiger partial charge on any atom is 0.499 e. The number of benzene rings is 1. The second-order valence-corrected chi connectivity index (χ2v) is 6.49. The fourth-order valence-electron chi connectivity index (χ4n) is 2.75. The molecule has 0 amide bonds. The Hall–Kier alpha value is -2.60. The molecule has 0 radical (unpaired) electrons. The van der Waals surface area contributed by atoms with Crippen LogP contribution in [0.4, 0.5) is 22.0 Å². The summed E-state index contributed by atoms with van der Waals surface area (Å²) in [7, 11) is 0. The van der Waals surface area contributed by atoms with Gasteiger partial charge in [-0.2, -0.15) is 27.2 Å². The van der Waals surface area contributed by atoms with Crippen LogP contribution in [0.3, 0.4) is 0 Å². The molecule has 0 fully saturated rings. The number of ether oxygens (including phenoxy) is 2. The monoisotopic (exact) mass is 403 g/mol. The molecular formula is C19H18F5NO3. The van der Waals surface area contributed by atoms with Gasteiger partial charge in [0.2, 0.25) is 0 Å². The van der Waals surface area contributed by atoms with Crippen LogP contribution in [0.1, 0.15) is 17.5 Å². The smallest absolute Gasteiger partial charge is 0.490 e. The zero-order chi connectivity index (χ0) is 21.2. The van der Waals surface area contributed by atoms with E-state index in [2.05, 4.69) is 4.74 Å². The number of para-hydroxylation sites is 1. The van der Waals surface area contributed by atoms with Crippen LogP contribution in [0.2, 0.25) is 0 Å². The number of hydrogen-bond donors (Lipinski definition) is 1. The van der Waals surface area contributed by atoms with Gasteiger partial charge in [-0.1, -0.05) is 24.3 Å². The second-order valence-electron chi connectivity index (χ2n) is 6.49. The number of allylic oxidation sites excluding steroid dienone is 1. The summed E-state index contributed by atoms with van der Waals surface area (Å²) in [4.78, 5) is 0. The molecular weight excluding hydrogens is 385 g/mol. The minimum absolute atomic E-state index is 0.206. The zero-order valence-corrected chi connectivity index (χ0v) is 15.1. The summed E-state index contributed by atoms with van der Waals surface area (Å²) in [5, 5.41) is 19.8. The molecule has 0 saturated heterocycles. The summed E-state index contributed by atoms with van der Waals surface area (Å²) in [6.07, 6.45) is -8.81. The van der Waals surface area contributed by atoms with Gasteiger partial charge in [0.05, 0.1) is 6.07 Å². The van der Waals surface area contributed by atoms with E-state index < -0.39 is 36.2 Å². The van der Waals surface area contributed by atoms with Crippen molar-refractivity contribution in [2.24, 2.45) is 5.92 Å². The van der Waals surface area contributed by atoms with E-state index in [1.54, 1.807) is 32.0 Å². The summed E-state index contributed by atoms with van der Waals surface area (Å²) in [6.45, 7) is 3.04. The van der Waals surface area contributed by atoms with Gasteiger partial charge in [-0.05, 0) is 37.1 Å². The normalized spacial score (nSPS) is 22.4. The molecule has 0 spiro atoms. The molecule has 1 N–H and O–H groups in total. The zero-order valence-electron chi connectivity index (χ0n) is 15.1. The minimum atomic E-state index is -5.92. The number of aryl methyl sites for hydroxylation is 2. The average Bonchev–Trinajstić information content (AvgIpc) is 2.56. The largest absolute Gasteiger partial charge is 0.499 e. The van der Waals surface area contributed by atoms with Crippen molar-refractivity contribution in [1.82, 2.24) is 0 Å². The van der Waals surface area contributed by atoms with Crippen molar-refractivity contribution in [1.29, 1.82) is 5.26 Å². The van der Waals surface area contributed by atoms with Crippen molar-refractivity contribution >= 4 is 0 Å². The van der Waals surface area contributed by atoms with Crippen molar-refractivity contribution in [3.63, 3.8) is 0 Å². The van der Waals surface area contributed by atoms with E-state index in [0.717, 1.165) is 29.4 Å². The number of rotatable bonds is 6. The van der Waals surface area contributed by atoms with Gasteiger partial charge in [0.1, 0.15) is 23.7 Å². The first-order chi connectivity index (χ1) is 12.9. The average molecular weight is 403 g/mol. The molecule has 2 unspecified atom stereocenters. The Labute approximate surface area is 158 Å². The Morgan fingerprint density at radius 2 is 1.79 bits per heavy atom. The van der Waals surface area contributed by atoms with Crippen molar-refractivity contribution in [2.45, 2.75) is 38.2 Å². The molecule has 152 valence electrons. The van der Waals surface area contributed by atoms with Gasteiger partial charge in [0.15, 0.2) is 0 Å². The quantitative estimate of drug-likeness (QED) is 0.707. The maximum atomic E-state index is 13.2. The molecule has 0 aromatic heterocycles. The minimum Gasteiger partial charge on any atom is -0.490 e. The predicted octanol–water partition coefficient (Wildman–Crippen LogP) is 4.57. The van der Waals surface area contributed by atoms with Gasteiger partial charge in [0, 0.05) is 12.3 Å². The third kappa shape index (κ3) is 4.62. The van der Waals surface area contributed by atoms with Gasteiger partial charge >= 0.3 is 12.3 Å². The first-order valence-electron chi connectivity index (χ1n) is 8.22. The molecule has 9 heteroatoms. The lowest BCUT2D eigenvalue weighted by Gasteiger charge is -2.34. The third-order valence-electron chi connectivity index (χ3n) is 4.27. The van der Waals surface area contributed by atoms with Crippen LogP contribution in [0.15, 0.2) is 42.2 Å². The fraction of sp³-hybridized carbons (Fsp3) is 0.421. The van der Waals surface area contributed by atoms with Gasteiger partial charge < -0.3 is 14.6 Å². The Bertz CT molecular complexity index is 806. The highest BCUT2D eigenvalue weighted by atomic mass is 19.4. The van der Waals surface area contributed by atoms with Crippen LogP contribution in [-0.4, -0.2) is 29.6 Å². The third-order valence-corrected chi connectivity index (χ3v) is 4.27. The molecule has 0 heterocycles. The van der Waals surface area contributed by atoms with E-state index in [1.807, 2.05) is 6.07 Å². The Morgan fingerprint density at radius 1 is 1.18 bits per heavy atom. The molecule has 0 bridgehead atoms.